The molecular weight excluding hydrogens is 320 g/mol. The largest absolute Gasteiger partial charge is 0.339 e. The molecule has 0 saturated heterocycles. The minimum Gasteiger partial charge on any atom is -0.339 e. The van der Waals surface area contributed by atoms with Gasteiger partial charge in [-0.25, -0.2) is 0 Å². The number of benzene rings is 1. The van der Waals surface area contributed by atoms with Gasteiger partial charge >= 0.3 is 0 Å². The topological polar surface area (TPSA) is 51.0 Å². The van der Waals surface area contributed by atoms with E-state index < -0.39 is 0 Å². The number of carbonyl (C=O) groups is 1. The molecule has 5 nitrogen and oxygen atoms in total. The number of hydrogen-bond acceptors (Lipinski definition) is 4. The molecule has 1 aromatic carbocycles. The lowest BCUT2D eigenvalue weighted by molar-refractivity contribution is -0.128. The van der Waals surface area contributed by atoms with Crippen LogP contribution in [0.25, 0.3) is 5.69 Å². The third-order valence-corrected chi connectivity index (χ3v) is 4.74. The van der Waals surface area contributed by atoms with Gasteiger partial charge in [-0.2, -0.15) is 0 Å². The Morgan fingerprint density at radius 2 is 2.32 bits per heavy atom. The standard InChI is InChI=1S/C15H17ClN4OS/c1-2-19(12-6-7-12)14(21)9-22-15-18-17-10-20(15)13-5-3-4-11(16)8-13/h3-5,8,10,12H,2,6-7,9H2,1H3. The van der Waals surface area contributed by atoms with Gasteiger partial charge in [0.1, 0.15) is 6.33 Å². The first-order valence-electron chi connectivity index (χ1n) is 7.27. The van der Waals surface area contributed by atoms with Crippen molar-refractivity contribution < 1.29 is 4.79 Å². The Bertz CT molecular complexity index is 671. The van der Waals surface area contributed by atoms with E-state index in [-0.39, 0.29) is 5.91 Å². The molecule has 2 aromatic rings. The predicted molar refractivity (Wildman–Crippen MR) is 87.5 cm³/mol. The zero-order chi connectivity index (χ0) is 15.5. The van der Waals surface area contributed by atoms with Crippen LogP contribution in [0, 0.1) is 0 Å². The van der Waals surface area contributed by atoms with Gasteiger partial charge in [-0.3, -0.25) is 9.36 Å². The zero-order valence-electron chi connectivity index (χ0n) is 12.3. The van der Waals surface area contributed by atoms with Crippen molar-refractivity contribution in [2.75, 3.05) is 12.3 Å². The number of thioether (sulfide) groups is 1. The SMILES string of the molecule is CCN(C(=O)CSc1nncn1-c1cccc(Cl)c1)C1CC1. The summed E-state index contributed by atoms with van der Waals surface area (Å²) in [7, 11) is 0. The van der Waals surface area contributed by atoms with E-state index in [0.29, 0.717) is 22.0 Å². The summed E-state index contributed by atoms with van der Waals surface area (Å²) >= 11 is 7.43. The summed E-state index contributed by atoms with van der Waals surface area (Å²) in [6, 6.07) is 7.93. The van der Waals surface area contributed by atoms with Crippen molar-refractivity contribution in [3.63, 3.8) is 0 Å². The number of hydrogen-bond donors (Lipinski definition) is 0. The molecule has 1 aliphatic carbocycles. The molecule has 22 heavy (non-hydrogen) atoms. The summed E-state index contributed by atoms with van der Waals surface area (Å²) in [5, 5.41) is 9.40. The average molecular weight is 337 g/mol. The Kier molecular flexibility index (Phi) is 4.69. The highest BCUT2D eigenvalue weighted by molar-refractivity contribution is 7.99. The lowest BCUT2D eigenvalue weighted by Gasteiger charge is -2.19. The molecular formula is C15H17ClN4OS. The highest BCUT2D eigenvalue weighted by Gasteiger charge is 2.31. The summed E-state index contributed by atoms with van der Waals surface area (Å²) in [5.41, 5.74) is 0.891. The molecule has 1 fully saturated rings. The van der Waals surface area contributed by atoms with Crippen LogP contribution >= 0.6 is 23.4 Å². The first kappa shape index (κ1) is 15.4. The number of aromatic nitrogens is 3. The van der Waals surface area contributed by atoms with Crippen LogP contribution in [0.2, 0.25) is 5.02 Å². The minimum atomic E-state index is 0.163. The van der Waals surface area contributed by atoms with Crippen LogP contribution in [-0.2, 0) is 4.79 Å². The van der Waals surface area contributed by atoms with E-state index in [2.05, 4.69) is 10.2 Å². The van der Waals surface area contributed by atoms with Crippen LogP contribution in [0.5, 0.6) is 0 Å². The van der Waals surface area contributed by atoms with Crippen molar-refractivity contribution in [1.29, 1.82) is 0 Å². The van der Waals surface area contributed by atoms with Crippen LogP contribution in [0.3, 0.4) is 0 Å². The van der Waals surface area contributed by atoms with E-state index in [4.69, 9.17) is 11.6 Å². The van der Waals surface area contributed by atoms with Crippen LogP contribution in [0.4, 0.5) is 0 Å². The maximum Gasteiger partial charge on any atom is 0.233 e. The highest BCUT2D eigenvalue weighted by Crippen LogP contribution is 2.28. The van der Waals surface area contributed by atoms with Gasteiger partial charge in [-0.1, -0.05) is 29.4 Å². The molecule has 0 bridgehead atoms. The quantitative estimate of drug-likeness (QED) is 0.761. The van der Waals surface area contributed by atoms with E-state index in [1.54, 1.807) is 6.33 Å². The second-order valence-electron chi connectivity index (χ2n) is 5.16. The molecule has 0 N–H and O–H groups in total. The molecule has 0 spiro atoms. The number of amides is 1. The van der Waals surface area contributed by atoms with Crippen LogP contribution in [0.1, 0.15) is 19.8 Å². The first-order chi connectivity index (χ1) is 10.7. The molecule has 1 saturated carbocycles. The van der Waals surface area contributed by atoms with Gasteiger partial charge in [0.05, 0.1) is 11.4 Å². The maximum absolute atomic E-state index is 12.3. The smallest absolute Gasteiger partial charge is 0.233 e. The number of halogens is 1. The fourth-order valence-corrected chi connectivity index (χ4v) is 3.36. The summed E-state index contributed by atoms with van der Waals surface area (Å²) in [6.07, 6.45) is 3.89. The molecule has 1 amide bonds. The second kappa shape index (κ2) is 6.71. The Balaban J connectivity index is 1.69. The molecule has 0 atom stereocenters. The average Bonchev–Trinajstić information content (AvgIpc) is 3.23. The van der Waals surface area contributed by atoms with Crippen molar-refractivity contribution in [1.82, 2.24) is 19.7 Å². The van der Waals surface area contributed by atoms with E-state index >= 15 is 0 Å². The first-order valence-corrected chi connectivity index (χ1v) is 8.63. The van der Waals surface area contributed by atoms with Crippen LogP contribution in [-0.4, -0.2) is 43.9 Å². The van der Waals surface area contributed by atoms with Crippen molar-refractivity contribution >= 4 is 29.3 Å². The van der Waals surface area contributed by atoms with E-state index in [9.17, 15) is 4.79 Å². The predicted octanol–water partition coefficient (Wildman–Crippen LogP) is 3.02. The van der Waals surface area contributed by atoms with E-state index in [1.165, 1.54) is 11.8 Å². The van der Waals surface area contributed by atoms with E-state index in [1.807, 2.05) is 40.7 Å². The molecule has 1 aliphatic rings. The Morgan fingerprint density at radius 1 is 1.50 bits per heavy atom. The van der Waals surface area contributed by atoms with Gasteiger partial charge in [-0.15, -0.1) is 10.2 Å². The molecule has 116 valence electrons. The monoisotopic (exact) mass is 336 g/mol. The van der Waals surface area contributed by atoms with Gasteiger partial charge in [0, 0.05) is 17.6 Å². The Labute approximate surface area is 138 Å². The number of rotatable bonds is 6. The molecule has 1 aromatic heterocycles. The van der Waals surface area contributed by atoms with Gasteiger partial charge in [0.15, 0.2) is 5.16 Å². The third-order valence-electron chi connectivity index (χ3n) is 3.58. The van der Waals surface area contributed by atoms with Crippen molar-refractivity contribution in [3.05, 3.63) is 35.6 Å². The summed E-state index contributed by atoms with van der Waals surface area (Å²) in [4.78, 5) is 14.2. The van der Waals surface area contributed by atoms with Crippen molar-refractivity contribution in [2.24, 2.45) is 0 Å². The van der Waals surface area contributed by atoms with Gasteiger partial charge in [-0.05, 0) is 38.0 Å². The molecule has 3 rings (SSSR count). The highest BCUT2D eigenvalue weighted by atomic mass is 35.5. The van der Waals surface area contributed by atoms with Gasteiger partial charge in [0.2, 0.25) is 5.91 Å². The van der Waals surface area contributed by atoms with Gasteiger partial charge < -0.3 is 4.90 Å². The van der Waals surface area contributed by atoms with E-state index in [0.717, 1.165) is 25.1 Å². The van der Waals surface area contributed by atoms with Crippen LogP contribution in [0.15, 0.2) is 35.7 Å². The third kappa shape index (κ3) is 3.44. The van der Waals surface area contributed by atoms with Crippen molar-refractivity contribution in [3.8, 4) is 5.69 Å². The summed E-state index contributed by atoms with van der Waals surface area (Å²) < 4.78 is 1.84. The fraction of sp³-hybridized carbons (Fsp3) is 0.400. The molecule has 7 heteroatoms. The Morgan fingerprint density at radius 3 is 3.00 bits per heavy atom. The lowest BCUT2D eigenvalue weighted by atomic mass is 10.3. The normalized spacial score (nSPS) is 14.1. The second-order valence-corrected chi connectivity index (χ2v) is 6.54. The molecule has 1 heterocycles. The fourth-order valence-electron chi connectivity index (χ4n) is 2.36. The number of carbonyl (C=O) groups excluding carboxylic acids is 1. The minimum absolute atomic E-state index is 0.163. The Hall–Kier alpha value is -1.53. The van der Waals surface area contributed by atoms with Crippen LogP contribution < -0.4 is 0 Å². The molecule has 0 unspecified atom stereocenters. The maximum atomic E-state index is 12.3. The summed E-state index contributed by atoms with van der Waals surface area (Å²) in [5.74, 6) is 0.541. The lowest BCUT2D eigenvalue weighted by Crippen LogP contribution is -2.34. The van der Waals surface area contributed by atoms with Crippen molar-refractivity contribution in [2.45, 2.75) is 31.0 Å². The molecule has 0 aliphatic heterocycles. The van der Waals surface area contributed by atoms with Gasteiger partial charge in [0.25, 0.3) is 0 Å². The zero-order valence-corrected chi connectivity index (χ0v) is 13.8. The molecule has 0 radical (unpaired) electrons. The number of nitrogens with zero attached hydrogens (tertiary/aromatic N) is 4. The summed E-state index contributed by atoms with van der Waals surface area (Å²) in [6.45, 7) is 2.79.